The van der Waals surface area contributed by atoms with Gasteiger partial charge in [-0.25, -0.2) is 5.26 Å². The van der Waals surface area contributed by atoms with Gasteiger partial charge in [0.25, 0.3) is 0 Å². The Morgan fingerprint density at radius 1 is 1.40 bits per heavy atom. The second-order valence-electron chi connectivity index (χ2n) is 2.91. The van der Waals surface area contributed by atoms with Gasteiger partial charge in [0.05, 0.1) is 5.56 Å². The maximum Gasteiger partial charge on any atom is 0.416 e. The van der Waals surface area contributed by atoms with Crippen molar-refractivity contribution < 1.29 is 23.3 Å². The smallest absolute Gasteiger partial charge is 0.328 e. The van der Waals surface area contributed by atoms with Crippen molar-refractivity contribution >= 4 is 17.3 Å². The Labute approximate surface area is 89.2 Å². The van der Waals surface area contributed by atoms with Crippen LogP contribution in [-0.4, -0.2) is 10.3 Å². The van der Waals surface area contributed by atoms with E-state index in [-0.39, 0.29) is 10.6 Å². The van der Waals surface area contributed by atoms with Gasteiger partial charge >= 0.3 is 6.18 Å². The van der Waals surface area contributed by atoms with Crippen molar-refractivity contribution in [3.63, 3.8) is 0 Å². The van der Waals surface area contributed by atoms with Gasteiger partial charge in [0.2, 0.25) is 5.05 Å². The number of hydrogen-bond donors (Lipinski definition) is 1. The molecule has 0 heterocycles. The summed E-state index contributed by atoms with van der Waals surface area (Å²) in [6.07, 6.45) is -4.38. The first-order valence-electron chi connectivity index (χ1n) is 3.90. The number of halogens is 3. The molecule has 0 radical (unpaired) electrons. The zero-order chi connectivity index (χ0) is 11.6. The summed E-state index contributed by atoms with van der Waals surface area (Å²) >= 11 is 4.59. The van der Waals surface area contributed by atoms with Gasteiger partial charge in [-0.15, -0.1) is 0 Å². The lowest BCUT2D eigenvalue weighted by Crippen LogP contribution is -2.08. The highest BCUT2D eigenvalue weighted by Gasteiger charge is 2.30. The minimum Gasteiger partial charge on any atom is -0.328 e. The predicted octanol–water partition coefficient (Wildman–Crippen LogP) is 3.18. The Balaban J connectivity index is 3.15. The van der Waals surface area contributed by atoms with Crippen molar-refractivity contribution in [2.24, 2.45) is 0 Å². The summed E-state index contributed by atoms with van der Waals surface area (Å²) in [4.78, 5) is 3.79. The first kappa shape index (κ1) is 11.9. The van der Waals surface area contributed by atoms with Crippen LogP contribution in [0.3, 0.4) is 0 Å². The third kappa shape index (κ3) is 2.66. The molecule has 0 aromatic heterocycles. The molecule has 82 valence electrons. The largest absolute Gasteiger partial charge is 0.416 e. The van der Waals surface area contributed by atoms with E-state index in [2.05, 4.69) is 17.1 Å². The van der Waals surface area contributed by atoms with Crippen LogP contribution < -0.4 is 0 Å². The van der Waals surface area contributed by atoms with Crippen LogP contribution >= 0.6 is 12.2 Å². The van der Waals surface area contributed by atoms with Crippen molar-refractivity contribution in [3.05, 3.63) is 34.9 Å². The molecule has 1 aromatic rings. The molecule has 0 saturated carbocycles. The van der Waals surface area contributed by atoms with Crippen molar-refractivity contribution in [1.82, 2.24) is 0 Å². The van der Waals surface area contributed by atoms with Gasteiger partial charge < -0.3 is 4.89 Å². The Morgan fingerprint density at radius 2 is 2.00 bits per heavy atom. The first-order chi connectivity index (χ1) is 6.86. The lowest BCUT2D eigenvalue weighted by molar-refractivity contribution is -0.150. The predicted molar refractivity (Wildman–Crippen MR) is 51.6 cm³/mol. The fourth-order valence-corrected chi connectivity index (χ4v) is 1.35. The van der Waals surface area contributed by atoms with Crippen LogP contribution in [0.4, 0.5) is 13.2 Å². The molecule has 1 aromatic carbocycles. The molecule has 15 heavy (non-hydrogen) atoms. The molecule has 0 amide bonds. The van der Waals surface area contributed by atoms with Crippen LogP contribution in [0.1, 0.15) is 16.7 Å². The molecule has 0 aliphatic rings. The van der Waals surface area contributed by atoms with E-state index in [1.54, 1.807) is 0 Å². The van der Waals surface area contributed by atoms with Crippen molar-refractivity contribution in [1.29, 1.82) is 0 Å². The molecule has 0 fully saturated rings. The van der Waals surface area contributed by atoms with Crippen LogP contribution in [0, 0.1) is 6.92 Å². The monoisotopic (exact) mass is 236 g/mol. The van der Waals surface area contributed by atoms with Gasteiger partial charge in [-0.3, -0.25) is 0 Å². The van der Waals surface area contributed by atoms with E-state index in [1.807, 2.05) is 0 Å². The second-order valence-corrected chi connectivity index (χ2v) is 3.28. The minimum absolute atomic E-state index is 0.249. The minimum atomic E-state index is -4.38. The maximum absolute atomic E-state index is 12.3. The highest BCUT2D eigenvalue weighted by molar-refractivity contribution is 7.80. The average Bonchev–Trinajstić information content (AvgIpc) is 2.15. The maximum atomic E-state index is 12.3. The van der Waals surface area contributed by atoms with E-state index in [1.165, 1.54) is 6.92 Å². The Bertz CT molecular complexity index is 387. The molecule has 0 unspecified atom stereocenters. The van der Waals surface area contributed by atoms with E-state index in [0.717, 1.165) is 18.2 Å². The number of benzene rings is 1. The van der Waals surface area contributed by atoms with Crippen LogP contribution in [0.2, 0.25) is 0 Å². The van der Waals surface area contributed by atoms with E-state index in [0.29, 0.717) is 5.56 Å². The molecule has 0 atom stereocenters. The second kappa shape index (κ2) is 4.16. The molecule has 0 aliphatic heterocycles. The third-order valence-electron chi connectivity index (χ3n) is 1.86. The number of thiocarbonyl (C=S) groups is 1. The molecule has 0 saturated heterocycles. The normalized spacial score (nSPS) is 11.3. The summed E-state index contributed by atoms with van der Waals surface area (Å²) in [5.41, 5.74) is -0.200. The number of hydrogen-bond acceptors (Lipinski definition) is 3. The summed E-state index contributed by atoms with van der Waals surface area (Å²) in [5.74, 6) is 0. The standard InChI is InChI=1S/C9H7F3O2S/c1-5-4-6(9(10,11)12)2-3-7(5)8(15)14-13/h2-4,13H,1H3. The first-order valence-corrected chi connectivity index (χ1v) is 4.30. The highest BCUT2D eigenvalue weighted by atomic mass is 32.1. The van der Waals surface area contributed by atoms with Crippen LogP contribution in [0.25, 0.3) is 0 Å². The fourth-order valence-electron chi connectivity index (χ4n) is 1.12. The quantitative estimate of drug-likeness (QED) is 0.461. The van der Waals surface area contributed by atoms with E-state index in [9.17, 15) is 13.2 Å². The summed E-state index contributed by atoms with van der Waals surface area (Å²) in [6, 6.07) is 2.99. The Kier molecular flexibility index (Phi) is 3.31. The molecular formula is C9H7F3O2S. The molecule has 0 spiro atoms. The Morgan fingerprint density at radius 3 is 2.40 bits per heavy atom. The van der Waals surface area contributed by atoms with Gasteiger partial charge in [-0.05, 0) is 42.9 Å². The molecule has 1 N–H and O–H groups in total. The molecule has 6 heteroatoms. The van der Waals surface area contributed by atoms with E-state index >= 15 is 0 Å². The van der Waals surface area contributed by atoms with Crippen molar-refractivity contribution in [2.75, 3.05) is 0 Å². The van der Waals surface area contributed by atoms with Gasteiger partial charge in [-0.1, -0.05) is 0 Å². The molecule has 2 nitrogen and oxygen atoms in total. The van der Waals surface area contributed by atoms with Crippen LogP contribution in [-0.2, 0) is 11.1 Å². The summed E-state index contributed by atoms with van der Waals surface area (Å²) in [7, 11) is 0. The number of rotatable bonds is 1. The lowest BCUT2D eigenvalue weighted by atomic mass is 10.1. The average molecular weight is 236 g/mol. The highest BCUT2D eigenvalue weighted by Crippen LogP contribution is 2.30. The topological polar surface area (TPSA) is 29.5 Å². The van der Waals surface area contributed by atoms with Crippen LogP contribution in [0.5, 0.6) is 0 Å². The summed E-state index contributed by atoms with van der Waals surface area (Å²) in [5, 5.41) is 8.03. The van der Waals surface area contributed by atoms with Gasteiger partial charge in [-0.2, -0.15) is 13.2 Å². The zero-order valence-corrected chi connectivity index (χ0v) is 8.45. The summed E-state index contributed by atoms with van der Waals surface area (Å²) in [6.45, 7) is 1.45. The van der Waals surface area contributed by atoms with E-state index in [4.69, 9.17) is 5.26 Å². The molecule has 0 bridgehead atoms. The van der Waals surface area contributed by atoms with E-state index < -0.39 is 11.7 Å². The van der Waals surface area contributed by atoms with Gasteiger partial charge in [0, 0.05) is 5.56 Å². The fraction of sp³-hybridized carbons (Fsp3) is 0.222. The SMILES string of the molecule is Cc1cc(C(F)(F)F)ccc1C(=S)OO. The number of alkyl halides is 3. The summed E-state index contributed by atoms with van der Waals surface area (Å²) < 4.78 is 36.8. The number of aryl methyl sites for hydroxylation is 1. The van der Waals surface area contributed by atoms with Gasteiger partial charge in [0.1, 0.15) is 0 Å². The third-order valence-corrected chi connectivity index (χ3v) is 2.15. The molecule has 0 aliphatic carbocycles. The lowest BCUT2D eigenvalue weighted by Gasteiger charge is -2.10. The van der Waals surface area contributed by atoms with Gasteiger partial charge in [0.15, 0.2) is 0 Å². The van der Waals surface area contributed by atoms with Crippen LogP contribution in [0.15, 0.2) is 18.2 Å². The van der Waals surface area contributed by atoms with Crippen molar-refractivity contribution in [3.8, 4) is 0 Å². The van der Waals surface area contributed by atoms with Crippen molar-refractivity contribution in [2.45, 2.75) is 13.1 Å². The Hall–Kier alpha value is -1.14. The zero-order valence-electron chi connectivity index (χ0n) is 7.63. The molecular weight excluding hydrogens is 229 g/mol. The molecule has 1 rings (SSSR count).